The Labute approximate surface area is 357 Å². The van der Waals surface area contributed by atoms with Crippen molar-refractivity contribution >= 4 is 92.6 Å². The van der Waals surface area contributed by atoms with Gasteiger partial charge >= 0.3 is 24.1 Å². The number of hydrogen-bond acceptors (Lipinski definition) is 8. The maximum atomic E-state index is 14.2. The Bertz CT molecular complexity index is 2550. The van der Waals surface area contributed by atoms with Gasteiger partial charge in [0.25, 0.3) is 5.91 Å². The number of hydrogen-bond donors (Lipinski definition) is 4. The Morgan fingerprint density at radius 3 is 1.82 bits per heavy atom. The number of aliphatic carboxylic acids is 1. The third-order valence-electron chi connectivity index (χ3n) is 8.44. The predicted octanol–water partition coefficient (Wildman–Crippen LogP) is 10.5. The smallest absolute Gasteiger partial charge is 0.407 e. The molecular formula is C41H34F5N6O7S2-. The molecule has 0 saturated carbocycles. The van der Waals surface area contributed by atoms with Gasteiger partial charge < -0.3 is 33.0 Å². The molecule has 4 aromatic carbocycles. The standard InChI is InChI=1S/C20H13F4N3O3S.C11H12FNO4.C9H6N2S.CH3/c1-19(2)17(30)26(10-5-7-15(25-3)13(8-10)20(22,23)24)18(31)27(19)11-4-6-12(16(28)29)14(21)9-11;1-11(2,10(16)17)13-6-3-4-7(9(14)15)8(12)5-6;1-7-5-8(11-6-12)3-4-9(7)10-2;/h4-9H,1-2H3,(H,28,29);3-5,13H,1-2H3,(H,14,15)(H,16,17);3-5H,1H3;1H3/q;;;-1. The Kier molecular flexibility index (Phi) is 16.2. The molecule has 0 atom stereocenters. The van der Waals surface area contributed by atoms with E-state index in [9.17, 15) is 41.1 Å². The largest absolute Gasteiger partial charge is 0.480 e. The van der Waals surface area contributed by atoms with Gasteiger partial charge in [0.15, 0.2) is 16.5 Å². The van der Waals surface area contributed by atoms with Crippen LogP contribution < -0.4 is 15.1 Å². The van der Waals surface area contributed by atoms with E-state index >= 15 is 0 Å². The lowest BCUT2D eigenvalue weighted by atomic mass is 10.0. The zero-order valence-corrected chi connectivity index (χ0v) is 34.5. The maximum absolute atomic E-state index is 14.2. The Balaban J connectivity index is 0.000000358. The fourth-order valence-electron chi connectivity index (χ4n) is 5.33. The van der Waals surface area contributed by atoms with Gasteiger partial charge in [0, 0.05) is 17.1 Å². The summed E-state index contributed by atoms with van der Waals surface area (Å²) >= 11 is 9.79. The van der Waals surface area contributed by atoms with Gasteiger partial charge in [0.1, 0.15) is 22.7 Å². The molecule has 318 valence electrons. The average Bonchev–Trinajstić information content (AvgIpc) is 3.33. The monoisotopic (exact) mass is 881 g/mol. The van der Waals surface area contributed by atoms with Crippen molar-refractivity contribution in [2.24, 2.45) is 4.99 Å². The average molecular weight is 882 g/mol. The summed E-state index contributed by atoms with van der Waals surface area (Å²) in [6.07, 6.45) is -4.83. The van der Waals surface area contributed by atoms with E-state index in [1.165, 1.54) is 50.8 Å². The molecule has 13 nitrogen and oxygen atoms in total. The lowest BCUT2D eigenvalue weighted by molar-refractivity contribution is -0.141. The molecule has 0 unspecified atom stereocenters. The van der Waals surface area contributed by atoms with E-state index in [4.69, 9.17) is 40.7 Å². The molecule has 0 aliphatic carbocycles. The number of alkyl halides is 3. The summed E-state index contributed by atoms with van der Waals surface area (Å²) in [5.74, 6) is -6.60. The van der Waals surface area contributed by atoms with Crippen LogP contribution in [0.15, 0.2) is 77.8 Å². The lowest BCUT2D eigenvalue weighted by Gasteiger charge is -2.29. The van der Waals surface area contributed by atoms with Crippen LogP contribution in [-0.2, 0) is 15.8 Å². The van der Waals surface area contributed by atoms with Gasteiger partial charge in [-0.05, 0) is 125 Å². The molecule has 4 aromatic rings. The molecular weight excluding hydrogens is 848 g/mol. The van der Waals surface area contributed by atoms with Crippen LogP contribution in [0.25, 0.3) is 9.69 Å². The highest BCUT2D eigenvalue weighted by molar-refractivity contribution is 7.81. The summed E-state index contributed by atoms with van der Waals surface area (Å²) in [4.78, 5) is 57.6. The fraction of sp³-hybridized carbons (Fsp3) is 0.195. The highest BCUT2D eigenvalue weighted by Crippen LogP contribution is 2.42. The van der Waals surface area contributed by atoms with Crippen molar-refractivity contribution in [2.75, 3.05) is 15.1 Å². The van der Waals surface area contributed by atoms with E-state index in [-0.39, 0.29) is 29.6 Å². The molecule has 20 heteroatoms. The van der Waals surface area contributed by atoms with Gasteiger partial charge in [-0.1, -0.05) is 12.1 Å². The first-order valence-corrected chi connectivity index (χ1v) is 17.5. The third-order valence-corrected chi connectivity index (χ3v) is 8.90. The van der Waals surface area contributed by atoms with E-state index in [0.29, 0.717) is 11.8 Å². The van der Waals surface area contributed by atoms with E-state index in [0.717, 1.165) is 46.5 Å². The zero-order valence-electron chi connectivity index (χ0n) is 32.8. The van der Waals surface area contributed by atoms with Gasteiger partial charge in [-0.15, -0.1) is 0 Å². The molecule has 1 aliphatic heterocycles. The molecule has 1 fully saturated rings. The van der Waals surface area contributed by atoms with Gasteiger partial charge in [-0.25, -0.2) is 32.9 Å². The first-order chi connectivity index (χ1) is 27.8. The van der Waals surface area contributed by atoms with Crippen LogP contribution in [0, 0.1) is 39.1 Å². The summed E-state index contributed by atoms with van der Waals surface area (Å²) in [5.41, 5.74) is -3.19. The number of aryl methyl sites for hydroxylation is 1. The lowest BCUT2D eigenvalue weighted by Crippen LogP contribution is -2.44. The predicted molar refractivity (Wildman–Crippen MR) is 225 cm³/mol. The van der Waals surface area contributed by atoms with Crippen molar-refractivity contribution in [1.82, 2.24) is 0 Å². The minimum atomic E-state index is -4.83. The van der Waals surface area contributed by atoms with Gasteiger partial charge in [0.2, 0.25) is 0 Å². The molecule has 1 aliphatic rings. The molecule has 0 aromatic heterocycles. The quantitative estimate of drug-likeness (QED) is 0.0575. The van der Waals surface area contributed by atoms with Crippen molar-refractivity contribution in [2.45, 2.75) is 51.9 Å². The van der Waals surface area contributed by atoms with Gasteiger partial charge in [0.05, 0.1) is 40.7 Å². The number of nitrogens with zero attached hydrogens (tertiary/aromatic N) is 5. The number of aromatic carboxylic acids is 2. The summed E-state index contributed by atoms with van der Waals surface area (Å²) in [5, 5.41) is 31.1. The number of benzene rings is 4. The topological polar surface area (TPSA) is 169 Å². The molecule has 5 rings (SSSR count). The SMILES string of the molecule is CC(C)(Nc1ccc(C(=O)O)c(F)c1)C(=O)O.[C-]#[N+]c1ccc(N2C(=O)C(C)(C)N(c3ccc(C(=O)O)c(F)c3)C2=S)cc1C(F)(F)F.[C-]#[N+]c1ccc(N=C=S)cc1C.[CH3-]. The molecule has 4 N–H and O–H groups in total. The third kappa shape index (κ3) is 11.5. The van der Waals surface area contributed by atoms with E-state index in [1.807, 2.05) is 13.0 Å². The van der Waals surface area contributed by atoms with Crippen LogP contribution in [0.1, 0.15) is 59.5 Å². The number of carbonyl (C=O) groups is 4. The van der Waals surface area contributed by atoms with Crippen molar-refractivity contribution in [3.63, 3.8) is 0 Å². The van der Waals surface area contributed by atoms with Crippen molar-refractivity contribution in [1.29, 1.82) is 0 Å². The molecule has 0 bridgehead atoms. The second-order valence-electron chi connectivity index (χ2n) is 13.4. The number of carboxylic acids is 3. The van der Waals surface area contributed by atoms with E-state index in [1.54, 1.807) is 12.1 Å². The van der Waals surface area contributed by atoms with E-state index < -0.39 is 75.1 Å². The number of nitrogens with one attached hydrogen (secondary N) is 1. The normalized spacial score (nSPS) is 12.8. The minimum absolute atomic E-state index is 0. The summed E-state index contributed by atoms with van der Waals surface area (Å²) in [6.45, 7) is 21.3. The van der Waals surface area contributed by atoms with Crippen LogP contribution >= 0.6 is 24.4 Å². The molecule has 1 saturated heterocycles. The van der Waals surface area contributed by atoms with Crippen molar-refractivity contribution < 1.29 is 56.4 Å². The maximum Gasteiger partial charge on any atom is 0.407 e. The Hall–Kier alpha value is -7.12. The van der Waals surface area contributed by atoms with Crippen LogP contribution in [0.3, 0.4) is 0 Å². The number of aliphatic imine (C=N–C) groups is 1. The van der Waals surface area contributed by atoms with Crippen molar-refractivity contribution in [3.8, 4) is 0 Å². The van der Waals surface area contributed by atoms with Crippen LogP contribution in [0.4, 0.5) is 56.1 Å². The highest BCUT2D eigenvalue weighted by Gasteiger charge is 2.51. The summed E-state index contributed by atoms with van der Waals surface area (Å²) in [6, 6.07) is 14.6. The second kappa shape index (κ2) is 19.8. The minimum Gasteiger partial charge on any atom is -0.480 e. The van der Waals surface area contributed by atoms with E-state index in [2.05, 4.69) is 37.4 Å². The van der Waals surface area contributed by atoms with Gasteiger partial charge in [-0.2, -0.15) is 18.2 Å². The Morgan fingerprint density at radius 2 is 1.36 bits per heavy atom. The molecule has 0 spiro atoms. The first kappa shape index (κ1) is 50.0. The van der Waals surface area contributed by atoms with Crippen LogP contribution in [-0.4, -0.2) is 60.5 Å². The number of anilines is 3. The zero-order chi connectivity index (χ0) is 45.5. The fourth-order valence-corrected chi connectivity index (χ4v) is 5.96. The van der Waals surface area contributed by atoms with Crippen LogP contribution in [0.5, 0.6) is 0 Å². The number of halogens is 5. The summed E-state index contributed by atoms with van der Waals surface area (Å²) < 4.78 is 67.6. The molecule has 1 amide bonds. The number of rotatable bonds is 8. The second-order valence-corrected chi connectivity index (χ2v) is 14.0. The number of amides is 1. The molecule has 61 heavy (non-hydrogen) atoms. The molecule has 1 heterocycles. The number of isothiocyanates is 1. The number of carboxylic acid groups (broad SMARTS) is 3. The molecule has 0 radical (unpaired) electrons. The number of thiocarbonyl (C=S) groups is 2. The summed E-state index contributed by atoms with van der Waals surface area (Å²) in [7, 11) is 0. The van der Waals surface area contributed by atoms with Crippen LogP contribution in [0.2, 0.25) is 0 Å². The van der Waals surface area contributed by atoms with Crippen molar-refractivity contribution in [3.05, 3.63) is 137 Å². The first-order valence-electron chi connectivity index (χ1n) is 16.7. The number of carbonyl (C=O) groups excluding carboxylic acids is 1. The highest BCUT2D eigenvalue weighted by atomic mass is 32.1. The Morgan fingerprint density at radius 1 is 0.836 bits per heavy atom. The van der Waals surface area contributed by atoms with Gasteiger partial charge in [-0.3, -0.25) is 9.69 Å².